The Morgan fingerprint density at radius 1 is 1.15 bits per heavy atom. The molecule has 5 rings (SSSR count). The minimum atomic E-state index is 0.0155. The molecule has 5 heteroatoms. The van der Waals surface area contributed by atoms with Gasteiger partial charge in [-0.1, -0.05) is 18.6 Å². The van der Waals surface area contributed by atoms with Crippen LogP contribution >= 0.6 is 0 Å². The number of urea groups is 1. The standard InChI is InChI=1S/C21H28N4O/c26-21(25-19-12-13-11-16(19)15-6-3-5-14(13)15)22-10-4-9-20-23-17-7-1-2-8-18(17)24-20/h1-2,7-8,13-16,19H,3-6,9-12H2,(H,23,24)(H2,22,25,26)/t13-,14-,15+,16+,19-/m1/s1. The molecule has 138 valence electrons. The lowest BCUT2D eigenvalue weighted by molar-refractivity contribution is 0.198. The van der Waals surface area contributed by atoms with Crippen molar-refractivity contribution in [3.05, 3.63) is 30.1 Å². The van der Waals surface area contributed by atoms with Gasteiger partial charge in [0.1, 0.15) is 5.82 Å². The number of imidazole rings is 1. The molecule has 2 aromatic rings. The molecule has 1 aromatic heterocycles. The second-order valence-electron chi connectivity index (χ2n) is 8.46. The Bertz CT molecular complexity index is 767. The monoisotopic (exact) mass is 352 g/mol. The predicted molar refractivity (Wildman–Crippen MR) is 102 cm³/mol. The highest BCUT2D eigenvalue weighted by Crippen LogP contribution is 2.58. The molecule has 2 bridgehead atoms. The van der Waals surface area contributed by atoms with Crippen molar-refractivity contribution in [1.29, 1.82) is 0 Å². The minimum absolute atomic E-state index is 0.0155. The highest BCUT2D eigenvalue weighted by atomic mass is 16.2. The van der Waals surface area contributed by atoms with Crippen LogP contribution in [-0.4, -0.2) is 28.6 Å². The molecule has 2 amide bonds. The first kappa shape index (κ1) is 16.2. The second kappa shape index (κ2) is 6.60. The summed E-state index contributed by atoms with van der Waals surface area (Å²) >= 11 is 0. The van der Waals surface area contributed by atoms with E-state index in [0.717, 1.165) is 53.4 Å². The van der Waals surface area contributed by atoms with Crippen LogP contribution in [0.4, 0.5) is 4.79 Å². The summed E-state index contributed by atoms with van der Waals surface area (Å²) in [4.78, 5) is 20.2. The number of aromatic nitrogens is 2. The van der Waals surface area contributed by atoms with E-state index in [1.165, 1.54) is 32.1 Å². The number of aromatic amines is 1. The Morgan fingerprint density at radius 2 is 2.04 bits per heavy atom. The first-order chi connectivity index (χ1) is 12.8. The van der Waals surface area contributed by atoms with Crippen molar-refractivity contribution in [2.24, 2.45) is 23.7 Å². The number of carbonyl (C=O) groups is 1. The number of para-hydroxylation sites is 2. The molecule has 0 saturated heterocycles. The number of nitrogens with one attached hydrogen (secondary N) is 3. The fraction of sp³-hybridized carbons (Fsp3) is 0.619. The number of aryl methyl sites for hydroxylation is 1. The SMILES string of the molecule is O=C(NCCCc1nc2ccccc2[nH]1)N[C@@H]1C[C@H]2C[C@H]1[C@H]1CCC[C@H]21. The molecule has 0 aliphatic heterocycles. The largest absolute Gasteiger partial charge is 0.342 e. The van der Waals surface area contributed by atoms with Crippen LogP contribution in [0.5, 0.6) is 0 Å². The molecule has 1 aromatic carbocycles. The average Bonchev–Trinajstić information content (AvgIpc) is 3.38. The van der Waals surface area contributed by atoms with Gasteiger partial charge in [0.05, 0.1) is 11.0 Å². The van der Waals surface area contributed by atoms with Crippen molar-refractivity contribution in [1.82, 2.24) is 20.6 Å². The van der Waals surface area contributed by atoms with E-state index in [1.54, 1.807) is 0 Å². The maximum absolute atomic E-state index is 12.3. The van der Waals surface area contributed by atoms with Crippen LogP contribution in [0.3, 0.4) is 0 Å². The quantitative estimate of drug-likeness (QED) is 0.719. The number of carbonyl (C=O) groups excluding carboxylic acids is 1. The van der Waals surface area contributed by atoms with Crippen LogP contribution in [0.2, 0.25) is 0 Å². The molecule has 0 radical (unpaired) electrons. The summed E-state index contributed by atoms with van der Waals surface area (Å²) in [6.07, 6.45) is 8.55. The Kier molecular flexibility index (Phi) is 4.10. The van der Waals surface area contributed by atoms with Crippen LogP contribution in [0.25, 0.3) is 11.0 Å². The zero-order valence-corrected chi connectivity index (χ0v) is 15.2. The van der Waals surface area contributed by atoms with Crippen LogP contribution in [0, 0.1) is 23.7 Å². The van der Waals surface area contributed by atoms with E-state index >= 15 is 0 Å². The fourth-order valence-electron chi connectivity index (χ4n) is 6.04. The van der Waals surface area contributed by atoms with Crippen LogP contribution in [0.1, 0.15) is 44.3 Å². The first-order valence-electron chi connectivity index (χ1n) is 10.3. The molecule has 1 heterocycles. The number of amides is 2. The van der Waals surface area contributed by atoms with Crippen molar-refractivity contribution >= 4 is 17.1 Å². The highest BCUT2D eigenvalue weighted by molar-refractivity contribution is 5.75. The summed E-state index contributed by atoms with van der Waals surface area (Å²) < 4.78 is 0. The Morgan fingerprint density at radius 3 is 2.96 bits per heavy atom. The van der Waals surface area contributed by atoms with Crippen LogP contribution in [0.15, 0.2) is 24.3 Å². The number of benzene rings is 1. The second-order valence-corrected chi connectivity index (χ2v) is 8.46. The molecule has 3 aliphatic carbocycles. The van der Waals surface area contributed by atoms with Crippen LogP contribution in [-0.2, 0) is 6.42 Å². The third kappa shape index (κ3) is 2.87. The number of rotatable bonds is 5. The third-order valence-electron chi connectivity index (χ3n) is 7.06. The lowest BCUT2D eigenvalue weighted by Crippen LogP contribution is -2.47. The van der Waals surface area contributed by atoms with E-state index in [-0.39, 0.29) is 6.03 Å². The van der Waals surface area contributed by atoms with E-state index < -0.39 is 0 Å². The summed E-state index contributed by atoms with van der Waals surface area (Å²) in [5.74, 6) is 4.49. The van der Waals surface area contributed by atoms with Gasteiger partial charge in [0, 0.05) is 19.0 Å². The van der Waals surface area contributed by atoms with Gasteiger partial charge in [-0.05, 0) is 67.9 Å². The number of hydrogen-bond acceptors (Lipinski definition) is 2. The van der Waals surface area contributed by atoms with Gasteiger partial charge >= 0.3 is 6.03 Å². The summed E-state index contributed by atoms with van der Waals surface area (Å²) in [5.41, 5.74) is 2.09. The zero-order valence-electron chi connectivity index (χ0n) is 15.2. The maximum atomic E-state index is 12.3. The highest BCUT2D eigenvalue weighted by Gasteiger charge is 2.53. The van der Waals surface area contributed by atoms with Crippen molar-refractivity contribution in [2.75, 3.05) is 6.54 Å². The van der Waals surface area contributed by atoms with E-state index in [1.807, 2.05) is 24.3 Å². The van der Waals surface area contributed by atoms with Crippen molar-refractivity contribution in [3.8, 4) is 0 Å². The Labute approximate surface area is 154 Å². The Balaban J connectivity index is 1.06. The zero-order chi connectivity index (χ0) is 17.5. The van der Waals surface area contributed by atoms with Crippen molar-refractivity contribution in [2.45, 2.75) is 51.0 Å². The molecule has 3 N–H and O–H groups in total. The average molecular weight is 352 g/mol. The molecule has 3 aliphatic rings. The fourth-order valence-corrected chi connectivity index (χ4v) is 6.04. The molecule has 5 atom stereocenters. The van der Waals surface area contributed by atoms with E-state index in [0.29, 0.717) is 12.6 Å². The van der Waals surface area contributed by atoms with Gasteiger partial charge in [0.2, 0.25) is 0 Å². The summed E-state index contributed by atoms with van der Waals surface area (Å²) in [6, 6.07) is 8.51. The van der Waals surface area contributed by atoms with Gasteiger partial charge in [-0.15, -0.1) is 0 Å². The Hall–Kier alpha value is -2.04. The lowest BCUT2D eigenvalue weighted by atomic mass is 9.79. The molecular formula is C21H28N4O. The number of nitrogens with zero attached hydrogens (tertiary/aromatic N) is 1. The molecule has 3 fully saturated rings. The van der Waals surface area contributed by atoms with E-state index in [4.69, 9.17) is 0 Å². The summed E-state index contributed by atoms with van der Waals surface area (Å²) in [6.45, 7) is 0.690. The van der Waals surface area contributed by atoms with Gasteiger partial charge in [-0.25, -0.2) is 9.78 Å². The summed E-state index contributed by atoms with van der Waals surface area (Å²) in [5, 5.41) is 6.31. The smallest absolute Gasteiger partial charge is 0.315 e. The molecular weight excluding hydrogens is 324 g/mol. The number of H-pyrrole nitrogens is 1. The molecule has 3 saturated carbocycles. The first-order valence-corrected chi connectivity index (χ1v) is 10.3. The number of fused-ring (bicyclic) bond motifs is 6. The molecule has 0 spiro atoms. The molecule has 5 nitrogen and oxygen atoms in total. The number of hydrogen-bond donors (Lipinski definition) is 3. The van der Waals surface area contributed by atoms with Gasteiger partial charge in [-0.3, -0.25) is 0 Å². The summed E-state index contributed by atoms with van der Waals surface area (Å²) in [7, 11) is 0. The minimum Gasteiger partial charge on any atom is -0.342 e. The van der Waals surface area contributed by atoms with E-state index in [9.17, 15) is 4.79 Å². The van der Waals surface area contributed by atoms with Crippen molar-refractivity contribution in [3.63, 3.8) is 0 Å². The lowest BCUT2D eigenvalue weighted by Gasteiger charge is -2.32. The molecule has 26 heavy (non-hydrogen) atoms. The van der Waals surface area contributed by atoms with Gasteiger partial charge in [0.25, 0.3) is 0 Å². The van der Waals surface area contributed by atoms with Gasteiger partial charge in [-0.2, -0.15) is 0 Å². The predicted octanol–water partition coefficient (Wildman–Crippen LogP) is 3.62. The maximum Gasteiger partial charge on any atom is 0.315 e. The normalized spacial score (nSPS) is 32.1. The van der Waals surface area contributed by atoms with Crippen molar-refractivity contribution < 1.29 is 4.79 Å². The van der Waals surface area contributed by atoms with Gasteiger partial charge < -0.3 is 15.6 Å². The third-order valence-corrected chi connectivity index (χ3v) is 7.06. The van der Waals surface area contributed by atoms with E-state index in [2.05, 4.69) is 20.6 Å². The topological polar surface area (TPSA) is 69.8 Å². The van der Waals surface area contributed by atoms with Crippen LogP contribution < -0.4 is 10.6 Å². The molecule has 0 unspecified atom stereocenters. The van der Waals surface area contributed by atoms with Gasteiger partial charge in [0.15, 0.2) is 0 Å².